The third-order valence-electron chi connectivity index (χ3n) is 4.83. The van der Waals surface area contributed by atoms with Gasteiger partial charge in [-0.3, -0.25) is 4.40 Å². The molecule has 1 atom stereocenters. The maximum atomic E-state index is 4.73. The number of pyridine rings is 1. The Kier molecular flexibility index (Phi) is 5.76. The fourth-order valence-corrected chi connectivity index (χ4v) is 3.69. The molecule has 0 aliphatic carbocycles. The first kappa shape index (κ1) is 18.7. The number of anilines is 1. The zero-order chi connectivity index (χ0) is 19.3. The number of benzene rings is 1. The van der Waals surface area contributed by atoms with Gasteiger partial charge in [0, 0.05) is 42.0 Å². The van der Waals surface area contributed by atoms with Crippen LogP contribution >= 0.6 is 15.9 Å². The number of aromatic nitrogens is 3. The van der Waals surface area contributed by atoms with Crippen molar-refractivity contribution >= 4 is 33.2 Å². The Bertz CT molecular complexity index is 951. The normalized spacial score (nSPS) is 17.3. The Balaban J connectivity index is 1.41. The second-order valence-corrected chi connectivity index (χ2v) is 7.71. The standard InChI is InChI=1S/C20H24BrN7/c1-2-22-20(23-13-19-26-25-18-5-3-4-11-28(18)19)24-16-10-12-27(14-16)17-8-6-15(21)7-9-17/h3-9,11,16H,2,10,12-14H2,1H3,(H2,22,23,24). The van der Waals surface area contributed by atoms with E-state index >= 15 is 0 Å². The average Bonchev–Trinajstić information content (AvgIpc) is 3.34. The molecule has 1 aliphatic heterocycles. The van der Waals surface area contributed by atoms with Gasteiger partial charge in [0.2, 0.25) is 0 Å². The molecular formula is C20H24BrN7. The molecule has 3 aromatic rings. The summed E-state index contributed by atoms with van der Waals surface area (Å²) in [6.07, 6.45) is 3.04. The van der Waals surface area contributed by atoms with Crippen LogP contribution in [0.4, 0.5) is 5.69 Å². The van der Waals surface area contributed by atoms with Gasteiger partial charge in [-0.2, -0.15) is 0 Å². The number of nitrogens with one attached hydrogen (secondary N) is 2. The minimum absolute atomic E-state index is 0.358. The first-order valence-corrected chi connectivity index (χ1v) is 10.4. The molecule has 0 saturated carbocycles. The van der Waals surface area contributed by atoms with E-state index in [9.17, 15) is 0 Å². The summed E-state index contributed by atoms with van der Waals surface area (Å²) in [5, 5.41) is 15.4. The molecule has 1 unspecified atom stereocenters. The Morgan fingerprint density at radius 3 is 2.89 bits per heavy atom. The van der Waals surface area contributed by atoms with Gasteiger partial charge in [0.15, 0.2) is 17.4 Å². The summed E-state index contributed by atoms with van der Waals surface area (Å²) in [5.41, 5.74) is 2.09. The van der Waals surface area contributed by atoms with Gasteiger partial charge in [-0.05, 0) is 49.7 Å². The minimum atomic E-state index is 0.358. The molecule has 1 fully saturated rings. The summed E-state index contributed by atoms with van der Waals surface area (Å²) in [4.78, 5) is 7.13. The maximum absolute atomic E-state index is 4.73. The predicted molar refractivity (Wildman–Crippen MR) is 116 cm³/mol. The van der Waals surface area contributed by atoms with Crippen LogP contribution in [0.15, 0.2) is 58.1 Å². The highest BCUT2D eigenvalue weighted by Crippen LogP contribution is 2.22. The van der Waals surface area contributed by atoms with E-state index in [0.717, 1.165) is 48.0 Å². The summed E-state index contributed by atoms with van der Waals surface area (Å²) in [6, 6.07) is 14.7. The highest BCUT2D eigenvalue weighted by atomic mass is 79.9. The quantitative estimate of drug-likeness (QED) is 0.470. The Hall–Kier alpha value is -2.61. The predicted octanol–water partition coefficient (Wildman–Crippen LogP) is 2.83. The van der Waals surface area contributed by atoms with Gasteiger partial charge in [-0.1, -0.05) is 22.0 Å². The van der Waals surface area contributed by atoms with E-state index in [4.69, 9.17) is 4.99 Å². The number of aliphatic imine (C=N–C) groups is 1. The first-order valence-electron chi connectivity index (χ1n) is 9.57. The molecule has 0 bridgehead atoms. The lowest BCUT2D eigenvalue weighted by Crippen LogP contribution is -2.44. The lowest BCUT2D eigenvalue weighted by atomic mass is 10.3. The minimum Gasteiger partial charge on any atom is -0.369 e. The third-order valence-corrected chi connectivity index (χ3v) is 5.36. The topological polar surface area (TPSA) is 69.8 Å². The first-order chi connectivity index (χ1) is 13.7. The van der Waals surface area contributed by atoms with E-state index in [-0.39, 0.29) is 0 Å². The number of nitrogens with zero attached hydrogens (tertiary/aromatic N) is 5. The highest BCUT2D eigenvalue weighted by molar-refractivity contribution is 9.10. The molecule has 1 aliphatic rings. The lowest BCUT2D eigenvalue weighted by Gasteiger charge is -2.20. The van der Waals surface area contributed by atoms with E-state index in [2.05, 4.69) is 72.8 Å². The van der Waals surface area contributed by atoms with Crippen molar-refractivity contribution in [3.8, 4) is 0 Å². The van der Waals surface area contributed by atoms with Crippen LogP contribution in [0.2, 0.25) is 0 Å². The van der Waals surface area contributed by atoms with Crippen LogP contribution in [-0.4, -0.2) is 46.2 Å². The largest absolute Gasteiger partial charge is 0.369 e. The summed E-state index contributed by atoms with van der Waals surface area (Å²) in [7, 11) is 0. The van der Waals surface area contributed by atoms with Crippen LogP contribution in [0.5, 0.6) is 0 Å². The Morgan fingerprint density at radius 2 is 2.07 bits per heavy atom. The van der Waals surface area contributed by atoms with Gasteiger partial charge >= 0.3 is 0 Å². The molecule has 0 radical (unpaired) electrons. The van der Waals surface area contributed by atoms with Crippen LogP contribution in [0.1, 0.15) is 19.2 Å². The fourth-order valence-electron chi connectivity index (χ4n) is 3.43. The molecular weight excluding hydrogens is 418 g/mol. The molecule has 1 saturated heterocycles. The van der Waals surface area contributed by atoms with E-state index in [1.807, 2.05) is 28.8 Å². The second-order valence-electron chi connectivity index (χ2n) is 6.79. The molecule has 28 heavy (non-hydrogen) atoms. The summed E-state index contributed by atoms with van der Waals surface area (Å²) in [6.45, 7) is 5.36. The van der Waals surface area contributed by atoms with Crippen molar-refractivity contribution in [3.05, 3.63) is 59.0 Å². The van der Waals surface area contributed by atoms with Crippen molar-refractivity contribution in [2.75, 3.05) is 24.5 Å². The second kappa shape index (κ2) is 8.60. The highest BCUT2D eigenvalue weighted by Gasteiger charge is 2.23. The number of hydrogen-bond donors (Lipinski definition) is 2. The van der Waals surface area contributed by atoms with Gasteiger partial charge < -0.3 is 15.5 Å². The van der Waals surface area contributed by atoms with Crippen molar-refractivity contribution in [1.29, 1.82) is 0 Å². The van der Waals surface area contributed by atoms with Crippen molar-refractivity contribution in [1.82, 2.24) is 25.2 Å². The summed E-state index contributed by atoms with van der Waals surface area (Å²) >= 11 is 3.50. The SMILES string of the molecule is CCNC(=NCc1nnc2ccccn12)NC1CCN(c2ccc(Br)cc2)C1. The van der Waals surface area contributed by atoms with Crippen LogP contribution in [-0.2, 0) is 6.54 Å². The Morgan fingerprint density at radius 1 is 1.21 bits per heavy atom. The molecule has 4 rings (SSSR count). The van der Waals surface area contributed by atoms with Gasteiger partial charge in [0.1, 0.15) is 6.54 Å². The molecule has 1 aromatic carbocycles. The van der Waals surface area contributed by atoms with Crippen LogP contribution in [0.25, 0.3) is 5.65 Å². The number of halogens is 1. The molecule has 146 valence electrons. The molecule has 2 N–H and O–H groups in total. The van der Waals surface area contributed by atoms with E-state index in [1.54, 1.807) is 0 Å². The number of rotatable bonds is 5. The molecule has 2 aromatic heterocycles. The fraction of sp³-hybridized carbons (Fsp3) is 0.350. The smallest absolute Gasteiger partial charge is 0.191 e. The van der Waals surface area contributed by atoms with Crippen molar-refractivity contribution < 1.29 is 0 Å². The van der Waals surface area contributed by atoms with Crippen LogP contribution in [0, 0.1) is 0 Å². The van der Waals surface area contributed by atoms with Crippen molar-refractivity contribution in [2.24, 2.45) is 4.99 Å². The average molecular weight is 442 g/mol. The monoisotopic (exact) mass is 441 g/mol. The van der Waals surface area contributed by atoms with Crippen molar-refractivity contribution in [3.63, 3.8) is 0 Å². The number of hydrogen-bond acceptors (Lipinski definition) is 4. The zero-order valence-electron chi connectivity index (χ0n) is 15.8. The molecule has 8 heteroatoms. The van der Waals surface area contributed by atoms with Crippen molar-refractivity contribution in [2.45, 2.75) is 25.9 Å². The maximum Gasteiger partial charge on any atom is 0.191 e. The van der Waals surface area contributed by atoms with Gasteiger partial charge in [0.25, 0.3) is 0 Å². The van der Waals surface area contributed by atoms with Gasteiger partial charge in [-0.25, -0.2) is 4.99 Å². The van der Waals surface area contributed by atoms with E-state index in [1.165, 1.54) is 5.69 Å². The molecule has 0 amide bonds. The molecule has 3 heterocycles. The van der Waals surface area contributed by atoms with Crippen LogP contribution < -0.4 is 15.5 Å². The summed E-state index contributed by atoms with van der Waals surface area (Å²) < 4.78 is 3.07. The zero-order valence-corrected chi connectivity index (χ0v) is 17.4. The Labute approximate surface area is 173 Å². The van der Waals surface area contributed by atoms with E-state index < -0.39 is 0 Å². The number of fused-ring (bicyclic) bond motifs is 1. The van der Waals surface area contributed by atoms with Gasteiger partial charge in [-0.15, -0.1) is 10.2 Å². The van der Waals surface area contributed by atoms with E-state index in [0.29, 0.717) is 12.6 Å². The number of guanidine groups is 1. The lowest BCUT2D eigenvalue weighted by molar-refractivity contribution is 0.648. The molecule has 0 spiro atoms. The van der Waals surface area contributed by atoms with Crippen LogP contribution in [0.3, 0.4) is 0 Å². The van der Waals surface area contributed by atoms with Gasteiger partial charge in [0.05, 0.1) is 0 Å². The third kappa shape index (κ3) is 4.27. The summed E-state index contributed by atoms with van der Waals surface area (Å²) in [5.74, 6) is 1.65. The molecule has 7 nitrogen and oxygen atoms in total.